The SMILES string of the molecule is Cc1cnn(CCF)c1NCc1ccccc1.Cl. The molecule has 0 aliphatic carbocycles. The van der Waals surface area contributed by atoms with Gasteiger partial charge < -0.3 is 5.32 Å². The number of rotatable bonds is 5. The Bertz CT molecular complexity index is 470. The van der Waals surface area contributed by atoms with E-state index in [1.807, 2.05) is 25.1 Å². The number of nitrogens with one attached hydrogen (secondary N) is 1. The second-order valence-electron chi connectivity index (χ2n) is 3.93. The van der Waals surface area contributed by atoms with E-state index in [1.54, 1.807) is 10.9 Å². The first kappa shape index (κ1) is 14.5. The van der Waals surface area contributed by atoms with Crippen molar-refractivity contribution in [2.24, 2.45) is 0 Å². The number of hydrogen-bond donors (Lipinski definition) is 1. The van der Waals surface area contributed by atoms with Gasteiger partial charge in [0, 0.05) is 12.1 Å². The molecule has 2 rings (SSSR count). The van der Waals surface area contributed by atoms with Crippen LogP contribution in [0.5, 0.6) is 0 Å². The lowest BCUT2D eigenvalue weighted by molar-refractivity contribution is 0.429. The zero-order valence-electron chi connectivity index (χ0n) is 10.3. The molecule has 0 radical (unpaired) electrons. The first-order chi connectivity index (χ1) is 8.31. The minimum atomic E-state index is -0.402. The van der Waals surface area contributed by atoms with E-state index in [4.69, 9.17) is 0 Å². The number of hydrogen-bond acceptors (Lipinski definition) is 2. The van der Waals surface area contributed by atoms with Crippen molar-refractivity contribution in [3.05, 3.63) is 47.7 Å². The molecular formula is C13H17ClFN3. The van der Waals surface area contributed by atoms with Gasteiger partial charge in [-0.25, -0.2) is 9.07 Å². The lowest BCUT2D eigenvalue weighted by atomic mass is 10.2. The van der Waals surface area contributed by atoms with Crippen LogP contribution in [0.25, 0.3) is 0 Å². The summed E-state index contributed by atoms with van der Waals surface area (Å²) in [6.45, 7) is 2.58. The van der Waals surface area contributed by atoms with Crippen LogP contribution in [0.4, 0.5) is 10.2 Å². The van der Waals surface area contributed by atoms with E-state index in [1.165, 1.54) is 5.56 Å². The van der Waals surface area contributed by atoms with Crippen LogP contribution in [0.2, 0.25) is 0 Å². The molecular weight excluding hydrogens is 253 g/mol. The Balaban J connectivity index is 0.00000162. The first-order valence-electron chi connectivity index (χ1n) is 5.67. The highest BCUT2D eigenvalue weighted by molar-refractivity contribution is 5.85. The maximum atomic E-state index is 12.3. The van der Waals surface area contributed by atoms with Gasteiger partial charge in [0.2, 0.25) is 0 Å². The largest absolute Gasteiger partial charge is 0.366 e. The second kappa shape index (κ2) is 7.01. The van der Waals surface area contributed by atoms with Crippen LogP contribution in [0, 0.1) is 6.92 Å². The molecule has 0 fully saturated rings. The van der Waals surface area contributed by atoms with Crippen LogP contribution < -0.4 is 5.32 Å². The topological polar surface area (TPSA) is 29.9 Å². The molecule has 0 atom stereocenters. The van der Waals surface area contributed by atoms with E-state index in [-0.39, 0.29) is 12.4 Å². The summed E-state index contributed by atoms with van der Waals surface area (Å²) >= 11 is 0. The second-order valence-corrected chi connectivity index (χ2v) is 3.93. The Morgan fingerprint density at radius 3 is 2.67 bits per heavy atom. The van der Waals surface area contributed by atoms with Crippen molar-refractivity contribution in [2.45, 2.75) is 20.0 Å². The van der Waals surface area contributed by atoms with E-state index < -0.39 is 6.67 Å². The van der Waals surface area contributed by atoms with E-state index in [0.717, 1.165) is 17.9 Å². The van der Waals surface area contributed by atoms with E-state index in [2.05, 4.69) is 22.5 Å². The molecule has 3 nitrogen and oxygen atoms in total. The summed E-state index contributed by atoms with van der Waals surface area (Å²) < 4.78 is 14.0. The number of halogens is 2. The third-order valence-corrected chi connectivity index (χ3v) is 2.62. The number of aromatic nitrogens is 2. The Hall–Kier alpha value is -1.55. The molecule has 0 amide bonds. The standard InChI is InChI=1S/C13H16FN3.ClH/c1-11-9-16-17(8-7-14)13(11)15-10-12-5-3-2-4-6-12;/h2-6,9,15H,7-8,10H2,1H3;1H. The Labute approximate surface area is 112 Å². The van der Waals surface area contributed by atoms with Crippen LogP contribution in [0.15, 0.2) is 36.5 Å². The van der Waals surface area contributed by atoms with E-state index in [0.29, 0.717) is 6.54 Å². The first-order valence-corrected chi connectivity index (χ1v) is 5.67. The number of benzene rings is 1. The molecule has 0 bridgehead atoms. The van der Waals surface area contributed by atoms with Crippen LogP contribution >= 0.6 is 12.4 Å². The van der Waals surface area contributed by atoms with Gasteiger partial charge in [-0.05, 0) is 12.5 Å². The summed E-state index contributed by atoms with van der Waals surface area (Å²) in [5.74, 6) is 0.895. The third-order valence-electron chi connectivity index (χ3n) is 2.62. The zero-order chi connectivity index (χ0) is 12.1. The van der Waals surface area contributed by atoms with Gasteiger partial charge in [0.15, 0.2) is 0 Å². The number of anilines is 1. The Kier molecular flexibility index (Phi) is 5.65. The van der Waals surface area contributed by atoms with E-state index in [9.17, 15) is 4.39 Å². The van der Waals surface area contributed by atoms with Crippen molar-refractivity contribution in [3.8, 4) is 0 Å². The van der Waals surface area contributed by atoms with Gasteiger partial charge >= 0.3 is 0 Å². The molecule has 0 saturated carbocycles. The Morgan fingerprint density at radius 1 is 1.28 bits per heavy atom. The van der Waals surface area contributed by atoms with Crippen molar-refractivity contribution in [1.82, 2.24) is 9.78 Å². The van der Waals surface area contributed by atoms with E-state index >= 15 is 0 Å². The molecule has 2 aromatic rings. The Morgan fingerprint density at radius 2 is 2.00 bits per heavy atom. The molecule has 1 aromatic carbocycles. The highest BCUT2D eigenvalue weighted by Crippen LogP contribution is 2.15. The van der Waals surface area contributed by atoms with Crippen LogP contribution in [0.3, 0.4) is 0 Å². The van der Waals surface area contributed by atoms with Crippen molar-refractivity contribution < 1.29 is 4.39 Å². The van der Waals surface area contributed by atoms with Gasteiger partial charge in [-0.15, -0.1) is 12.4 Å². The van der Waals surface area contributed by atoms with Crippen molar-refractivity contribution in [3.63, 3.8) is 0 Å². The van der Waals surface area contributed by atoms with Gasteiger partial charge in [-0.1, -0.05) is 30.3 Å². The fourth-order valence-corrected chi connectivity index (χ4v) is 1.74. The van der Waals surface area contributed by atoms with Crippen LogP contribution in [-0.4, -0.2) is 16.5 Å². The van der Waals surface area contributed by atoms with Crippen LogP contribution in [0.1, 0.15) is 11.1 Å². The van der Waals surface area contributed by atoms with Gasteiger partial charge in [0.25, 0.3) is 0 Å². The van der Waals surface area contributed by atoms with Crippen molar-refractivity contribution in [2.75, 3.05) is 12.0 Å². The molecule has 1 N–H and O–H groups in total. The monoisotopic (exact) mass is 269 g/mol. The van der Waals surface area contributed by atoms with Gasteiger partial charge in [-0.3, -0.25) is 0 Å². The molecule has 98 valence electrons. The summed E-state index contributed by atoms with van der Waals surface area (Å²) in [7, 11) is 0. The molecule has 0 spiro atoms. The molecule has 0 aliphatic heterocycles. The molecule has 5 heteroatoms. The lowest BCUT2D eigenvalue weighted by Crippen LogP contribution is -2.09. The van der Waals surface area contributed by atoms with Gasteiger partial charge in [-0.2, -0.15) is 5.10 Å². The van der Waals surface area contributed by atoms with Crippen LogP contribution in [-0.2, 0) is 13.1 Å². The summed E-state index contributed by atoms with van der Waals surface area (Å²) in [6.07, 6.45) is 1.75. The quantitative estimate of drug-likeness (QED) is 0.903. The lowest BCUT2D eigenvalue weighted by Gasteiger charge is -2.09. The molecule has 0 aliphatic rings. The molecule has 0 unspecified atom stereocenters. The third kappa shape index (κ3) is 3.47. The predicted molar refractivity (Wildman–Crippen MR) is 74.0 cm³/mol. The summed E-state index contributed by atoms with van der Waals surface area (Å²) in [4.78, 5) is 0. The highest BCUT2D eigenvalue weighted by atomic mass is 35.5. The average molecular weight is 270 g/mol. The summed E-state index contributed by atoms with van der Waals surface area (Å²) in [6, 6.07) is 10.1. The maximum absolute atomic E-state index is 12.3. The molecule has 1 heterocycles. The highest BCUT2D eigenvalue weighted by Gasteiger charge is 2.06. The molecule has 18 heavy (non-hydrogen) atoms. The fraction of sp³-hybridized carbons (Fsp3) is 0.308. The summed E-state index contributed by atoms with van der Waals surface area (Å²) in [5.41, 5.74) is 2.23. The van der Waals surface area contributed by atoms with Crippen molar-refractivity contribution >= 4 is 18.2 Å². The maximum Gasteiger partial charge on any atom is 0.127 e. The summed E-state index contributed by atoms with van der Waals surface area (Å²) in [5, 5.41) is 7.43. The van der Waals surface area contributed by atoms with Gasteiger partial charge in [0.05, 0.1) is 12.7 Å². The minimum absolute atomic E-state index is 0. The number of nitrogens with zero attached hydrogens (tertiary/aromatic N) is 2. The smallest absolute Gasteiger partial charge is 0.127 e. The number of aryl methyl sites for hydroxylation is 2. The molecule has 0 saturated heterocycles. The minimum Gasteiger partial charge on any atom is -0.366 e. The van der Waals surface area contributed by atoms with Crippen molar-refractivity contribution in [1.29, 1.82) is 0 Å². The van der Waals surface area contributed by atoms with Gasteiger partial charge in [0.1, 0.15) is 12.5 Å². The predicted octanol–water partition coefficient (Wildman–Crippen LogP) is 3.19. The molecule has 1 aromatic heterocycles. The zero-order valence-corrected chi connectivity index (χ0v) is 11.1. The number of alkyl halides is 1. The normalized spacial score (nSPS) is 9.89. The average Bonchev–Trinajstić information content (AvgIpc) is 2.70. The fourth-order valence-electron chi connectivity index (χ4n) is 1.74.